The lowest BCUT2D eigenvalue weighted by Gasteiger charge is -2.18. The molecule has 6 heteroatoms. The Morgan fingerprint density at radius 1 is 1.21 bits per heavy atom. The second-order valence-corrected chi connectivity index (χ2v) is 6.14. The average Bonchev–Trinajstić information content (AvgIpc) is 3.00. The van der Waals surface area contributed by atoms with Crippen LogP contribution in [0.25, 0.3) is 10.8 Å². The molecule has 3 atom stereocenters. The number of hydrogen-bond donors (Lipinski definition) is 4. The zero-order valence-corrected chi connectivity index (χ0v) is 13.1. The van der Waals surface area contributed by atoms with Gasteiger partial charge in [-0.25, -0.2) is 4.79 Å². The quantitative estimate of drug-likeness (QED) is 0.647. The van der Waals surface area contributed by atoms with Crippen LogP contribution in [0.15, 0.2) is 42.5 Å². The zero-order chi connectivity index (χ0) is 17.1. The van der Waals surface area contributed by atoms with Crippen molar-refractivity contribution in [3.63, 3.8) is 0 Å². The summed E-state index contributed by atoms with van der Waals surface area (Å²) in [6, 6.07) is 12.1. The number of aliphatic hydroxyl groups excluding tert-OH is 1. The molecule has 3 rings (SSSR count). The van der Waals surface area contributed by atoms with Crippen molar-refractivity contribution < 1.29 is 19.8 Å². The van der Waals surface area contributed by atoms with E-state index in [1.165, 1.54) is 0 Å². The molecule has 0 radical (unpaired) electrons. The average molecular weight is 328 g/mol. The minimum absolute atomic E-state index is 0.210. The Morgan fingerprint density at radius 2 is 1.96 bits per heavy atom. The monoisotopic (exact) mass is 328 g/mol. The summed E-state index contributed by atoms with van der Waals surface area (Å²) in [6.45, 7) is 0.348. The number of carboxylic acids is 1. The molecule has 4 N–H and O–H groups in total. The summed E-state index contributed by atoms with van der Waals surface area (Å²) < 4.78 is 0. The molecule has 2 aromatic carbocycles. The maximum atomic E-state index is 12.2. The number of carbonyl (C=O) groups excluding carboxylic acids is 1. The number of β-amino-alcohol motifs (C(OH)–C–C–N with tert-alkyl or cyclic N) is 1. The number of amides is 1. The van der Waals surface area contributed by atoms with Gasteiger partial charge in [-0.05, 0) is 22.8 Å². The topological polar surface area (TPSA) is 98.7 Å². The van der Waals surface area contributed by atoms with E-state index in [4.69, 9.17) is 0 Å². The smallest absolute Gasteiger partial charge is 0.326 e. The molecule has 126 valence electrons. The Morgan fingerprint density at radius 3 is 2.62 bits per heavy atom. The number of aliphatic carboxylic acids is 1. The molecular weight excluding hydrogens is 308 g/mol. The van der Waals surface area contributed by atoms with Crippen molar-refractivity contribution in [1.82, 2.24) is 10.6 Å². The van der Waals surface area contributed by atoms with Crippen LogP contribution in [0.1, 0.15) is 12.0 Å². The van der Waals surface area contributed by atoms with Crippen LogP contribution in [-0.2, 0) is 16.0 Å². The van der Waals surface area contributed by atoms with E-state index >= 15 is 0 Å². The summed E-state index contributed by atoms with van der Waals surface area (Å²) >= 11 is 0. The Balaban J connectivity index is 1.71. The van der Waals surface area contributed by atoms with E-state index in [0.717, 1.165) is 16.3 Å². The first-order chi connectivity index (χ1) is 11.5. The van der Waals surface area contributed by atoms with E-state index in [-0.39, 0.29) is 12.3 Å². The molecule has 24 heavy (non-hydrogen) atoms. The number of benzene rings is 2. The van der Waals surface area contributed by atoms with Crippen molar-refractivity contribution in [3.05, 3.63) is 48.0 Å². The fraction of sp³-hybridized carbons (Fsp3) is 0.333. The molecule has 0 bridgehead atoms. The van der Waals surface area contributed by atoms with E-state index in [2.05, 4.69) is 10.6 Å². The molecule has 0 saturated carbocycles. The van der Waals surface area contributed by atoms with Crippen molar-refractivity contribution in [2.45, 2.75) is 31.0 Å². The molecular formula is C18H20N2O4. The number of carboxylic acid groups (broad SMARTS) is 1. The first-order valence-corrected chi connectivity index (χ1v) is 7.95. The van der Waals surface area contributed by atoms with E-state index in [0.29, 0.717) is 13.0 Å². The summed E-state index contributed by atoms with van der Waals surface area (Å²) in [5, 5.41) is 26.4. The molecule has 0 aromatic heterocycles. The van der Waals surface area contributed by atoms with Crippen LogP contribution in [0.3, 0.4) is 0 Å². The molecule has 2 aromatic rings. The molecule has 1 aliphatic heterocycles. The van der Waals surface area contributed by atoms with Gasteiger partial charge in [0.2, 0.25) is 5.91 Å². The van der Waals surface area contributed by atoms with Crippen LogP contribution in [0.2, 0.25) is 0 Å². The van der Waals surface area contributed by atoms with E-state index in [1.54, 1.807) is 0 Å². The number of carbonyl (C=O) groups is 2. The SMILES string of the molecule is O=C(O)[C@H](Cc1ccc2ccccc2c1)NC(=O)[C@@H]1C[C@@H](O)CN1. The summed E-state index contributed by atoms with van der Waals surface area (Å²) in [7, 11) is 0. The third-order valence-electron chi connectivity index (χ3n) is 4.29. The number of rotatable bonds is 5. The second kappa shape index (κ2) is 6.98. The van der Waals surface area contributed by atoms with Crippen molar-refractivity contribution in [2.24, 2.45) is 0 Å². The van der Waals surface area contributed by atoms with Crippen molar-refractivity contribution in [1.29, 1.82) is 0 Å². The highest BCUT2D eigenvalue weighted by molar-refractivity contribution is 5.88. The fourth-order valence-corrected chi connectivity index (χ4v) is 2.99. The minimum atomic E-state index is -1.07. The summed E-state index contributed by atoms with van der Waals surface area (Å²) in [5.74, 6) is -1.46. The van der Waals surface area contributed by atoms with E-state index < -0.39 is 24.2 Å². The number of fused-ring (bicyclic) bond motifs is 1. The third-order valence-corrected chi connectivity index (χ3v) is 4.29. The second-order valence-electron chi connectivity index (χ2n) is 6.14. The largest absolute Gasteiger partial charge is 0.480 e. The fourth-order valence-electron chi connectivity index (χ4n) is 2.99. The first kappa shape index (κ1) is 16.4. The Hall–Kier alpha value is -2.44. The van der Waals surface area contributed by atoms with Crippen molar-refractivity contribution >= 4 is 22.6 Å². The van der Waals surface area contributed by atoms with E-state index in [9.17, 15) is 19.8 Å². The summed E-state index contributed by atoms with van der Waals surface area (Å²) in [5.41, 5.74) is 0.848. The molecule has 6 nitrogen and oxygen atoms in total. The first-order valence-electron chi connectivity index (χ1n) is 7.95. The molecule has 1 saturated heterocycles. The van der Waals surface area contributed by atoms with Crippen LogP contribution in [0.4, 0.5) is 0 Å². The lowest BCUT2D eigenvalue weighted by Crippen LogP contribution is -2.49. The van der Waals surface area contributed by atoms with Gasteiger partial charge in [0.15, 0.2) is 0 Å². The van der Waals surface area contributed by atoms with Gasteiger partial charge in [0.25, 0.3) is 0 Å². The lowest BCUT2D eigenvalue weighted by atomic mass is 10.0. The van der Waals surface area contributed by atoms with Gasteiger partial charge in [-0.1, -0.05) is 42.5 Å². The van der Waals surface area contributed by atoms with Gasteiger partial charge >= 0.3 is 5.97 Å². The molecule has 1 heterocycles. The van der Waals surface area contributed by atoms with Crippen LogP contribution < -0.4 is 10.6 Å². The minimum Gasteiger partial charge on any atom is -0.480 e. The Kier molecular flexibility index (Phi) is 4.78. The third kappa shape index (κ3) is 3.72. The van der Waals surface area contributed by atoms with Crippen LogP contribution in [0, 0.1) is 0 Å². The highest BCUT2D eigenvalue weighted by Gasteiger charge is 2.30. The van der Waals surface area contributed by atoms with Gasteiger partial charge < -0.3 is 20.8 Å². The van der Waals surface area contributed by atoms with Gasteiger partial charge in [0.05, 0.1) is 12.1 Å². The summed E-state index contributed by atoms with van der Waals surface area (Å²) in [4.78, 5) is 23.7. The Labute approximate surface area is 139 Å². The predicted molar refractivity (Wildman–Crippen MR) is 89.6 cm³/mol. The molecule has 0 spiro atoms. The number of hydrogen-bond acceptors (Lipinski definition) is 4. The van der Waals surface area contributed by atoms with Crippen LogP contribution >= 0.6 is 0 Å². The van der Waals surface area contributed by atoms with Crippen LogP contribution in [-0.4, -0.2) is 46.8 Å². The molecule has 0 aliphatic carbocycles. The van der Waals surface area contributed by atoms with Gasteiger partial charge in [0, 0.05) is 13.0 Å². The summed E-state index contributed by atoms with van der Waals surface area (Å²) in [6.07, 6.45) is -0.0560. The lowest BCUT2D eigenvalue weighted by molar-refractivity contribution is -0.142. The van der Waals surface area contributed by atoms with E-state index in [1.807, 2.05) is 42.5 Å². The number of aliphatic hydroxyl groups is 1. The normalized spacial score (nSPS) is 21.5. The van der Waals surface area contributed by atoms with Crippen molar-refractivity contribution in [3.8, 4) is 0 Å². The predicted octanol–water partition coefficient (Wildman–Crippen LogP) is 0.675. The highest BCUT2D eigenvalue weighted by Crippen LogP contribution is 2.17. The van der Waals surface area contributed by atoms with Gasteiger partial charge in [0.1, 0.15) is 6.04 Å². The molecule has 1 aliphatic rings. The van der Waals surface area contributed by atoms with Gasteiger partial charge in [-0.2, -0.15) is 0 Å². The van der Waals surface area contributed by atoms with Gasteiger partial charge in [-0.15, -0.1) is 0 Å². The maximum Gasteiger partial charge on any atom is 0.326 e. The van der Waals surface area contributed by atoms with Crippen LogP contribution in [0.5, 0.6) is 0 Å². The molecule has 0 unspecified atom stereocenters. The van der Waals surface area contributed by atoms with Crippen molar-refractivity contribution in [2.75, 3.05) is 6.54 Å². The molecule has 1 fully saturated rings. The zero-order valence-electron chi connectivity index (χ0n) is 13.1. The number of nitrogens with one attached hydrogen (secondary N) is 2. The highest BCUT2D eigenvalue weighted by atomic mass is 16.4. The molecule has 1 amide bonds. The maximum absolute atomic E-state index is 12.2. The van der Waals surface area contributed by atoms with Gasteiger partial charge in [-0.3, -0.25) is 4.79 Å². The standard InChI is InChI=1S/C18H20N2O4/c21-14-9-15(19-10-14)17(22)20-16(18(23)24)8-11-5-6-12-3-1-2-4-13(12)7-11/h1-7,14-16,19,21H,8-10H2,(H,20,22)(H,23,24)/t14-,15+,16+/m1/s1. The Bertz CT molecular complexity index is 762.